The molecule has 10 aliphatic rings. The lowest BCUT2D eigenvalue weighted by Gasteiger charge is -2.30. The Morgan fingerprint density at radius 2 is 0.750 bits per heavy atom. The second kappa shape index (κ2) is 43.0. The summed E-state index contributed by atoms with van der Waals surface area (Å²) in [5.74, 6) is 2.68. The Labute approximate surface area is 817 Å². The molecule has 8 aromatic heterocycles. The number of carboxylic acids is 6. The van der Waals surface area contributed by atoms with E-state index in [2.05, 4.69) is 108 Å². The highest BCUT2D eigenvalue weighted by atomic mass is 32.1. The van der Waals surface area contributed by atoms with E-state index in [9.17, 15) is 54.3 Å². The quantitative estimate of drug-likeness (QED) is 0.0346. The van der Waals surface area contributed by atoms with Crippen LogP contribution in [0, 0.1) is 0 Å². The Bertz CT molecular complexity index is 6600. The molecule has 0 atom stereocenters. The summed E-state index contributed by atoms with van der Waals surface area (Å²) in [4.78, 5) is 138. The number of aliphatic carboxylic acids is 6. The Kier molecular flexibility index (Phi) is 30.8. The van der Waals surface area contributed by atoms with Crippen molar-refractivity contribution in [2.45, 2.75) is 227 Å². The molecular weight excluding hydrogens is 1800 g/mol. The molecule has 2 aromatic carbocycles. The SMILES string of the molecule is CC(C)N(C)c1nc2c(nc1-c1cc3ccccc3o1)C=C(C(=O)O)C2.CC(C)N(C)c1nc2c(nc1-c1ccc3c(c1)OCO3)C=C(C(=O)O)C2.CC(C)N(C)c1nc2c(nc1-c1cccs1)C=C(C(=O)O)C2.CC(C)N(C)c1nc2c(nc1C1CCCC1)C=C(C(=O)O)C2.CC(C)N(C)c1nc2c(nc1C1CCCCC1)C=C(C(=O)O)C2.CC(C)c1nc2c(nc1N1CCOCC1)CC(C(=O)O)=C2. The minimum absolute atomic E-state index is 0.206. The summed E-state index contributed by atoms with van der Waals surface area (Å²) >= 11 is 1.61. The van der Waals surface area contributed by atoms with Gasteiger partial charge in [0.1, 0.15) is 22.7 Å². The third-order valence-electron chi connectivity index (χ3n) is 26.8. The first-order chi connectivity index (χ1) is 66.8. The highest BCUT2D eigenvalue weighted by molar-refractivity contribution is 7.13. The van der Waals surface area contributed by atoms with Gasteiger partial charge in [-0.25, -0.2) is 88.6 Å². The zero-order valence-electron chi connectivity index (χ0n) is 82.3. The third-order valence-corrected chi connectivity index (χ3v) is 27.7. The second-order valence-electron chi connectivity index (χ2n) is 38.2. The van der Waals surface area contributed by atoms with Gasteiger partial charge in [0, 0.05) is 173 Å². The molecular formula is C105H122N18O16S. The first-order valence-corrected chi connectivity index (χ1v) is 48.7. The van der Waals surface area contributed by atoms with E-state index in [1.165, 1.54) is 32.1 Å². The van der Waals surface area contributed by atoms with Crippen molar-refractivity contribution in [3.8, 4) is 44.8 Å². The van der Waals surface area contributed by atoms with Gasteiger partial charge in [0.05, 0.1) is 103 Å². The fraction of sp³-hybridized carbons (Fsp3) is 0.429. The average molecular weight is 1920 g/mol. The van der Waals surface area contributed by atoms with E-state index in [4.69, 9.17) is 78.6 Å². The third kappa shape index (κ3) is 22.2. The Hall–Kier alpha value is -14.2. The number of hydrogen-bond donors (Lipinski definition) is 6. The summed E-state index contributed by atoms with van der Waals surface area (Å²) in [5.41, 5.74) is 17.4. The lowest BCUT2D eigenvalue weighted by atomic mass is 9.86. The molecule has 0 spiro atoms. The minimum Gasteiger partial charge on any atom is -0.478 e. The van der Waals surface area contributed by atoms with E-state index in [0.29, 0.717) is 165 Å². The van der Waals surface area contributed by atoms with Gasteiger partial charge in [-0.1, -0.05) is 70.2 Å². The lowest BCUT2D eigenvalue weighted by Crippen LogP contribution is -2.38. The number of carbonyl (C=O) groups is 6. The van der Waals surface area contributed by atoms with Crippen molar-refractivity contribution < 1.29 is 78.0 Å². The molecule has 0 bridgehead atoms. The maximum atomic E-state index is 11.3. The number of hydrogen-bond acceptors (Lipinski definition) is 29. The predicted octanol–water partition coefficient (Wildman–Crippen LogP) is 17.4. The number of ether oxygens (including phenoxy) is 3. The summed E-state index contributed by atoms with van der Waals surface area (Å²) < 4.78 is 22.2. The lowest BCUT2D eigenvalue weighted by molar-refractivity contribution is -0.133. The molecule has 1 saturated heterocycles. The maximum Gasteiger partial charge on any atom is 0.332 e. The summed E-state index contributed by atoms with van der Waals surface area (Å²) in [6.07, 6.45) is 22.7. The summed E-state index contributed by atoms with van der Waals surface area (Å²) in [7, 11) is 9.98. The van der Waals surface area contributed by atoms with E-state index in [1.807, 2.05) is 111 Å². The molecule has 20 rings (SSSR count). The largest absolute Gasteiger partial charge is 0.478 e. The van der Waals surface area contributed by atoms with Crippen molar-refractivity contribution in [3.05, 3.63) is 185 Å². The summed E-state index contributed by atoms with van der Waals surface area (Å²) in [5, 5.41) is 58.3. The molecule has 0 unspecified atom stereocenters. The number of nitrogens with zero attached hydrogens (tertiary/aromatic N) is 18. The molecule has 0 amide bonds. The van der Waals surface area contributed by atoms with E-state index in [-0.39, 0.29) is 43.7 Å². The Morgan fingerprint density at radius 3 is 1.16 bits per heavy atom. The van der Waals surface area contributed by atoms with Gasteiger partial charge < -0.3 is 78.7 Å². The molecule has 34 nitrogen and oxygen atoms in total. The highest BCUT2D eigenvalue weighted by Crippen LogP contribution is 2.45. The molecule has 2 aliphatic heterocycles. The normalized spacial score (nSPS) is 15.6. The van der Waals surface area contributed by atoms with Crippen LogP contribution in [0.15, 0.2) is 104 Å². The smallest absolute Gasteiger partial charge is 0.332 e. The van der Waals surface area contributed by atoms with Crippen LogP contribution in [0.5, 0.6) is 11.5 Å². The van der Waals surface area contributed by atoms with Gasteiger partial charge in [0.15, 0.2) is 52.2 Å². The van der Waals surface area contributed by atoms with Gasteiger partial charge in [-0.3, -0.25) is 0 Å². The zero-order chi connectivity index (χ0) is 100. The first-order valence-electron chi connectivity index (χ1n) is 47.8. The number of carboxylic acid groups (broad SMARTS) is 6. The molecule has 0 radical (unpaired) electrons. The van der Waals surface area contributed by atoms with Crippen LogP contribution in [0.25, 0.3) is 80.7 Å². The van der Waals surface area contributed by atoms with Crippen LogP contribution < -0.4 is 38.9 Å². The fourth-order valence-electron chi connectivity index (χ4n) is 17.6. The Balaban J connectivity index is 0.000000127. The van der Waals surface area contributed by atoms with Crippen molar-refractivity contribution in [1.29, 1.82) is 0 Å². The van der Waals surface area contributed by atoms with Gasteiger partial charge in [-0.15, -0.1) is 11.3 Å². The number of fused-ring (bicyclic) bond motifs is 8. The van der Waals surface area contributed by atoms with Crippen LogP contribution in [0.2, 0.25) is 0 Å². The van der Waals surface area contributed by atoms with Gasteiger partial charge >= 0.3 is 35.8 Å². The molecule has 2 saturated carbocycles. The molecule has 10 heterocycles. The maximum absolute atomic E-state index is 11.3. The molecule has 8 aliphatic carbocycles. The number of thiophene rings is 1. The molecule has 10 aromatic rings. The monoisotopic (exact) mass is 1920 g/mol. The average Bonchev–Trinajstić information content (AvgIpc) is 1.63. The van der Waals surface area contributed by atoms with Crippen LogP contribution in [0.4, 0.5) is 34.9 Å². The van der Waals surface area contributed by atoms with Crippen LogP contribution in [-0.2, 0) is 72.0 Å². The van der Waals surface area contributed by atoms with Gasteiger partial charge in [-0.2, -0.15) is 0 Å². The van der Waals surface area contributed by atoms with E-state index >= 15 is 0 Å². The van der Waals surface area contributed by atoms with Crippen molar-refractivity contribution in [3.63, 3.8) is 0 Å². The second-order valence-corrected chi connectivity index (χ2v) is 39.1. The molecule has 3 fully saturated rings. The molecule has 734 valence electrons. The number of anilines is 6. The van der Waals surface area contributed by atoms with Crippen molar-refractivity contribution in [2.24, 2.45) is 0 Å². The number of benzene rings is 2. The fourth-order valence-corrected chi connectivity index (χ4v) is 18.3. The number of para-hydroxylation sites is 1. The number of furan rings is 1. The topological polar surface area (TPSA) is 439 Å². The minimum atomic E-state index is -0.937. The number of aromatic nitrogens is 12. The molecule has 35 heteroatoms. The van der Waals surface area contributed by atoms with Gasteiger partial charge in [0.25, 0.3) is 0 Å². The van der Waals surface area contributed by atoms with Crippen LogP contribution in [0.1, 0.15) is 244 Å². The van der Waals surface area contributed by atoms with E-state index in [1.54, 1.807) is 47.8 Å². The van der Waals surface area contributed by atoms with Crippen molar-refractivity contribution >= 4 is 129 Å². The first kappa shape index (κ1) is 100. The highest BCUT2D eigenvalue weighted by Gasteiger charge is 2.36. The van der Waals surface area contributed by atoms with Crippen LogP contribution >= 0.6 is 11.3 Å². The standard InChI is InChI=1S/C20H19N3O3.C19H19N3O4.C18H25N3O2.C17H23N3O2.C16H17N3O2S.C15H19N3O3/c1-11(2)23(3)19-18(17-10-12-6-4-5-7-16(12)26-17)21-14-8-13(20(24)25)9-15(14)22-19;1-10(2)22(3)18-17(11-4-5-15-16(8-11)26-9-25-15)20-13-6-12(19(23)24)7-14(13)21-18;1-11(2)21(3)17-16(12-7-5-4-6-8-12)19-14-9-13(18(22)23)10-15(14)20-17;1-10(2)20(3)16-15(11-6-4-5-7-11)18-13-8-12(17(21)22)9-14(13)19-16;1-9(2)19(3)15-14(13-5-4-6-22-13)17-11-7-10(16(20)21)8-12(11)18-15;1-9(2)13-14(18-3-5-21-6-4-18)17-12-8-10(15(19)20)7-11(12)16-13/h4-8,10-11H,9H2,1-3H3,(H,24,25);4-6,8,10H,7,9H2,1-3H3,(H,23,24);9,11-12H,4-8,10H2,1-3H3,(H,22,23);8,10-11H,4-7,9H2,1-3H3,(H,21,22);4-7,9H,8H2,1-3H3,(H,20,21);7,9H,3-6,8H2,1-2H3,(H,19,20). The summed E-state index contributed by atoms with van der Waals surface area (Å²) in [6.45, 7) is 28.3. The van der Waals surface area contributed by atoms with Gasteiger partial charge in [-0.05, 0) is 179 Å². The zero-order valence-corrected chi connectivity index (χ0v) is 83.1. The van der Waals surface area contributed by atoms with Crippen LogP contribution in [-0.4, -0.2) is 225 Å². The van der Waals surface area contributed by atoms with Crippen molar-refractivity contribution in [2.75, 3.05) is 97.7 Å². The Morgan fingerprint density at radius 1 is 0.386 bits per heavy atom. The van der Waals surface area contributed by atoms with Gasteiger partial charge in [0.2, 0.25) is 6.79 Å². The van der Waals surface area contributed by atoms with E-state index in [0.717, 1.165) is 146 Å². The number of morpholine rings is 1. The molecule has 6 N–H and O–H groups in total. The van der Waals surface area contributed by atoms with Crippen molar-refractivity contribution in [1.82, 2.24) is 59.8 Å². The number of rotatable bonds is 23. The van der Waals surface area contributed by atoms with E-state index < -0.39 is 35.8 Å². The molecule has 140 heavy (non-hydrogen) atoms. The summed E-state index contributed by atoms with van der Waals surface area (Å²) in [6, 6.07) is 20.7. The predicted molar refractivity (Wildman–Crippen MR) is 540 cm³/mol. The van der Waals surface area contributed by atoms with Crippen LogP contribution in [0.3, 0.4) is 0 Å².